The van der Waals surface area contributed by atoms with Gasteiger partial charge < -0.3 is 15.8 Å². The van der Waals surface area contributed by atoms with E-state index in [-0.39, 0.29) is 5.11 Å². The van der Waals surface area contributed by atoms with Gasteiger partial charge in [-0.05, 0) is 43.4 Å². The van der Waals surface area contributed by atoms with Crippen LogP contribution in [0.3, 0.4) is 0 Å². The van der Waals surface area contributed by atoms with Gasteiger partial charge in [0, 0.05) is 24.5 Å². The van der Waals surface area contributed by atoms with Crippen LogP contribution in [0, 0.1) is 6.92 Å². The summed E-state index contributed by atoms with van der Waals surface area (Å²) in [7, 11) is 1.90. The number of benzene rings is 1. The molecule has 0 spiro atoms. The Morgan fingerprint density at radius 2 is 2.11 bits per heavy atom. The van der Waals surface area contributed by atoms with Crippen molar-refractivity contribution in [3.63, 3.8) is 0 Å². The number of nitrogens with one attached hydrogen (secondary N) is 1. The molecule has 2 rings (SSSR count). The lowest BCUT2D eigenvalue weighted by atomic mass is 10.3. The number of rotatable bonds is 4. The molecule has 6 heteroatoms. The number of thiocarbonyl (C=S) groups is 1. The van der Waals surface area contributed by atoms with Crippen LogP contribution in [-0.4, -0.2) is 14.9 Å². The Hall–Kier alpha value is -2.08. The number of hydrogen-bond donors (Lipinski definition) is 2. The average molecular weight is 276 g/mol. The normalized spacial score (nSPS) is 10.2. The molecular weight excluding hydrogens is 260 g/mol. The molecule has 0 saturated heterocycles. The molecular formula is C13H16N4OS. The van der Waals surface area contributed by atoms with Gasteiger partial charge in [0.15, 0.2) is 5.11 Å². The summed E-state index contributed by atoms with van der Waals surface area (Å²) in [4.78, 5) is 0. The molecule has 0 aliphatic carbocycles. The highest BCUT2D eigenvalue weighted by molar-refractivity contribution is 7.80. The number of nitrogens with zero attached hydrogens (tertiary/aromatic N) is 2. The standard InChI is InChI=1S/C13H16N4OS/c1-9-10(7-17(2)16-9)8-18-12-5-3-11(4-6-12)15-13(14)19/h3-7H,8H2,1-2H3,(H3,14,15,19). The van der Waals surface area contributed by atoms with Crippen molar-refractivity contribution in [1.82, 2.24) is 9.78 Å². The zero-order chi connectivity index (χ0) is 13.8. The molecule has 1 aromatic heterocycles. The van der Waals surface area contributed by atoms with E-state index in [1.165, 1.54) is 0 Å². The topological polar surface area (TPSA) is 65.1 Å². The Morgan fingerprint density at radius 1 is 1.42 bits per heavy atom. The Balaban J connectivity index is 1.96. The number of anilines is 1. The third-order valence-electron chi connectivity index (χ3n) is 2.63. The van der Waals surface area contributed by atoms with E-state index in [1.54, 1.807) is 4.68 Å². The van der Waals surface area contributed by atoms with Crippen molar-refractivity contribution in [2.24, 2.45) is 12.8 Å². The second kappa shape index (κ2) is 5.71. The second-order valence-electron chi connectivity index (χ2n) is 4.22. The van der Waals surface area contributed by atoms with Gasteiger partial charge in [0.25, 0.3) is 0 Å². The van der Waals surface area contributed by atoms with Crippen LogP contribution in [-0.2, 0) is 13.7 Å². The fourth-order valence-corrected chi connectivity index (χ4v) is 1.85. The predicted octanol–water partition coefficient (Wildman–Crippen LogP) is 1.96. The zero-order valence-corrected chi connectivity index (χ0v) is 11.7. The van der Waals surface area contributed by atoms with Crippen LogP contribution in [0.15, 0.2) is 30.5 Å². The Morgan fingerprint density at radius 3 is 2.63 bits per heavy atom. The smallest absolute Gasteiger partial charge is 0.168 e. The maximum absolute atomic E-state index is 5.70. The molecule has 2 aromatic rings. The lowest BCUT2D eigenvalue weighted by Gasteiger charge is -2.07. The highest BCUT2D eigenvalue weighted by atomic mass is 32.1. The van der Waals surface area contributed by atoms with E-state index in [2.05, 4.69) is 10.4 Å². The van der Waals surface area contributed by atoms with Crippen LogP contribution in [0.25, 0.3) is 0 Å². The highest BCUT2D eigenvalue weighted by Gasteiger charge is 2.04. The molecule has 19 heavy (non-hydrogen) atoms. The molecule has 0 unspecified atom stereocenters. The van der Waals surface area contributed by atoms with Gasteiger partial charge in [-0.3, -0.25) is 4.68 Å². The Labute approximate surface area is 117 Å². The number of hydrogen-bond acceptors (Lipinski definition) is 3. The molecule has 0 radical (unpaired) electrons. The van der Waals surface area contributed by atoms with Gasteiger partial charge in [0.2, 0.25) is 0 Å². The zero-order valence-electron chi connectivity index (χ0n) is 10.9. The van der Waals surface area contributed by atoms with Gasteiger partial charge in [0.1, 0.15) is 12.4 Å². The third-order valence-corrected chi connectivity index (χ3v) is 2.73. The second-order valence-corrected chi connectivity index (χ2v) is 4.66. The van der Waals surface area contributed by atoms with Crippen molar-refractivity contribution in [2.45, 2.75) is 13.5 Å². The van der Waals surface area contributed by atoms with Crippen LogP contribution in [0.5, 0.6) is 5.75 Å². The third kappa shape index (κ3) is 3.69. The summed E-state index contributed by atoms with van der Waals surface area (Å²) < 4.78 is 7.48. The summed E-state index contributed by atoms with van der Waals surface area (Å²) >= 11 is 4.77. The molecule has 100 valence electrons. The molecule has 5 nitrogen and oxygen atoms in total. The lowest BCUT2D eigenvalue weighted by Crippen LogP contribution is -2.18. The molecule has 3 N–H and O–H groups in total. The Kier molecular flexibility index (Phi) is 4.01. The van der Waals surface area contributed by atoms with E-state index >= 15 is 0 Å². The van der Waals surface area contributed by atoms with Crippen LogP contribution in [0.4, 0.5) is 5.69 Å². The number of ether oxygens (including phenoxy) is 1. The summed E-state index contributed by atoms with van der Waals surface area (Å²) in [5.41, 5.74) is 8.30. The Bertz CT molecular complexity index is 577. The molecule has 0 amide bonds. The fourth-order valence-electron chi connectivity index (χ4n) is 1.73. The lowest BCUT2D eigenvalue weighted by molar-refractivity contribution is 0.305. The van der Waals surface area contributed by atoms with Crippen molar-refractivity contribution >= 4 is 23.0 Å². The van der Waals surface area contributed by atoms with E-state index in [1.807, 2.05) is 44.4 Å². The molecule has 1 aromatic carbocycles. The van der Waals surface area contributed by atoms with Gasteiger partial charge in [-0.15, -0.1) is 0 Å². The minimum absolute atomic E-state index is 0.250. The van der Waals surface area contributed by atoms with Crippen LogP contribution in [0.1, 0.15) is 11.3 Å². The molecule has 0 aliphatic rings. The first-order chi connectivity index (χ1) is 9.04. The summed E-state index contributed by atoms with van der Waals surface area (Å²) in [6.07, 6.45) is 1.96. The van der Waals surface area contributed by atoms with Crippen molar-refractivity contribution in [3.05, 3.63) is 41.7 Å². The fraction of sp³-hybridized carbons (Fsp3) is 0.231. The molecule has 0 aliphatic heterocycles. The van der Waals surface area contributed by atoms with Gasteiger partial charge in [-0.2, -0.15) is 5.10 Å². The van der Waals surface area contributed by atoms with Crippen molar-refractivity contribution in [3.8, 4) is 5.75 Å². The minimum Gasteiger partial charge on any atom is -0.489 e. The highest BCUT2D eigenvalue weighted by Crippen LogP contribution is 2.17. The summed E-state index contributed by atoms with van der Waals surface area (Å²) in [5.74, 6) is 0.789. The van der Waals surface area contributed by atoms with E-state index in [0.29, 0.717) is 6.61 Å². The molecule has 1 heterocycles. The molecule has 0 saturated carbocycles. The first-order valence-corrected chi connectivity index (χ1v) is 6.24. The van der Waals surface area contributed by atoms with Gasteiger partial charge in [-0.25, -0.2) is 0 Å². The van der Waals surface area contributed by atoms with Crippen LogP contribution < -0.4 is 15.8 Å². The SMILES string of the molecule is Cc1nn(C)cc1COc1ccc(NC(N)=S)cc1. The molecule has 0 atom stereocenters. The summed E-state index contributed by atoms with van der Waals surface area (Å²) in [6.45, 7) is 2.47. The van der Waals surface area contributed by atoms with Crippen molar-refractivity contribution < 1.29 is 4.74 Å². The largest absolute Gasteiger partial charge is 0.489 e. The number of aromatic nitrogens is 2. The molecule has 0 fully saturated rings. The quantitative estimate of drug-likeness (QED) is 0.836. The van der Waals surface area contributed by atoms with E-state index in [4.69, 9.17) is 22.7 Å². The van der Waals surface area contributed by atoms with Gasteiger partial charge in [0.05, 0.1) is 5.69 Å². The number of nitrogens with two attached hydrogens (primary N) is 1. The molecule has 0 bridgehead atoms. The van der Waals surface area contributed by atoms with Crippen LogP contribution in [0.2, 0.25) is 0 Å². The minimum atomic E-state index is 0.250. The van der Waals surface area contributed by atoms with Crippen LogP contribution >= 0.6 is 12.2 Å². The van der Waals surface area contributed by atoms with Gasteiger partial charge in [-0.1, -0.05) is 0 Å². The summed E-state index contributed by atoms with van der Waals surface area (Å²) in [5, 5.41) is 7.38. The maximum Gasteiger partial charge on any atom is 0.168 e. The van der Waals surface area contributed by atoms with E-state index in [9.17, 15) is 0 Å². The number of aryl methyl sites for hydroxylation is 2. The van der Waals surface area contributed by atoms with E-state index < -0.39 is 0 Å². The average Bonchev–Trinajstić information content (AvgIpc) is 2.66. The monoisotopic (exact) mass is 276 g/mol. The first kappa shape index (κ1) is 13.4. The predicted molar refractivity (Wildman–Crippen MR) is 79.1 cm³/mol. The summed E-state index contributed by atoms with van der Waals surface area (Å²) in [6, 6.07) is 7.47. The van der Waals surface area contributed by atoms with Crippen molar-refractivity contribution in [2.75, 3.05) is 5.32 Å². The maximum atomic E-state index is 5.70. The van der Waals surface area contributed by atoms with E-state index in [0.717, 1.165) is 22.7 Å². The first-order valence-electron chi connectivity index (χ1n) is 5.83. The van der Waals surface area contributed by atoms with Crippen molar-refractivity contribution in [1.29, 1.82) is 0 Å². The van der Waals surface area contributed by atoms with Gasteiger partial charge >= 0.3 is 0 Å².